The average Bonchev–Trinajstić information content (AvgIpc) is 2.92. The monoisotopic (exact) mass is 538 g/mol. The molecule has 3 aromatic rings. The minimum atomic E-state index is 0. The molecule has 0 atom stereocenters. The second kappa shape index (κ2) is 11.7. The normalized spacial score (nSPS) is 10.7. The van der Waals surface area contributed by atoms with Crippen molar-refractivity contribution in [2.45, 2.75) is 27.7 Å². The third-order valence-corrected chi connectivity index (χ3v) is 7.07. The van der Waals surface area contributed by atoms with Crippen molar-refractivity contribution in [1.29, 1.82) is 0 Å². The van der Waals surface area contributed by atoms with Crippen LogP contribution in [0.4, 0.5) is 17.1 Å². The lowest BCUT2D eigenvalue weighted by molar-refractivity contribution is -0.133. The van der Waals surface area contributed by atoms with E-state index in [9.17, 15) is 0 Å². The van der Waals surface area contributed by atoms with Gasteiger partial charge in [0.2, 0.25) is 0 Å². The lowest BCUT2D eigenvalue weighted by Crippen LogP contribution is -3.00. The Hall–Kier alpha value is -4.12. The summed E-state index contributed by atoms with van der Waals surface area (Å²) in [6.07, 6.45) is 0. The largest absolute Gasteiger partial charge is 1.00 e. The van der Waals surface area contributed by atoms with Crippen LogP contribution in [0.3, 0.4) is 0 Å². The molecule has 0 fully saturated rings. The van der Waals surface area contributed by atoms with E-state index >= 15 is 0 Å². The number of nitrogens with zero attached hydrogens (tertiary/aromatic N) is 6. The number of anilines is 2. The van der Waals surface area contributed by atoms with Crippen molar-refractivity contribution in [3.8, 4) is 17.1 Å². The number of hydrogen-bond donors (Lipinski definition) is 0. The van der Waals surface area contributed by atoms with Crippen LogP contribution >= 0.6 is 0 Å². The molecule has 7 heteroatoms. The van der Waals surface area contributed by atoms with Crippen LogP contribution in [-0.4, -0.2) is 41.5 Å². The van der Waals surface area contributed by atoms with Crippen molar-refractivity contribution in [1.82, 2.24) is 9.55 Å². The molecule has 0 aromatic heterocycles. The van der Waals surface area contributed by atoms with Crippen LogP contribution in [0.25, 0.3) is 28.1 Å². The van der Waals surface area contributed by atoms with Gasteiger partial charge >= 0.3 is 5.36 Å². The Bertz CT molecular complexity index is 1660. The van der Waals surface area contributed by atoms with Crippen LogP contribution in [0.1, 0.15) is 25.0 Å². The van der Waals surface area contributed by atoms with Crippen molar-refractivity contribution in [3.05, 3.63) is 95.3 Å². The Morgan fingerprint density at radius 1 is 0.846 bits per heavy atom. The lowest BCUT2D eigenvalue weighted by Gasteiger charge is -2.25. The third kappa shape index (κ3) is 5.53. The van der Waals surface area contributed by atoms with Gasteiger partial charge in [-0.2, -0.15) is 0 Å². The summed E-state index contributed by atoms with van der Waals surface area (Å²) in [5.74, 6) is 0. The molecule has 0 saturated carbocycles. The maximum absolute atomic E-state index is 5.11. The van der Waals surface area contributed by atoms with E-state index in [4.69, 9.17) is 4.98 Å². The quantitative estimate of drug-likeness (QED) is 0.189. The summed E-state index contributed by atoms with van der Waals surface area (Å²) in [7, 11) is 4.06. The maximum Gasteiger partial charge on any atom is 0.370 e. The number of para-hydroxylation sites is 1. The van der Waals surface area contributed by atoms with Crippen molar-refractivity contribution >= 4 is 28.1 Å². The first-order valence-corrected chi connectivity index (χ1v) is 13.2. The first-order valence-electron chi connectivity index (χ1n) is 13.2. The zero-order chi connectivity index (χ0) is 26.8. The molecule has 1 heterocycles. The predicted molar refractivity (Wildman–Crippen MR) is 157 cm³/mol. The minimum absolute atomic E-state index is 0. The van der Waals surface area contributed by atoms with Crippen molar-refractivity contribution in [2.75, 3.05) is 37.0 Å². The molecular weight excluding hydrogens is 504 g/mol. The van der Waals surface area contributed by atoms with E-state index in [2.05, 4.69) is 113 Å². The first-order chi connectivity index (χ1) is 18.4. The highest BCUT2D eigenvalue weighted by molar-refractivity contribution is 5.87. The van der Waals surface area contributed by atoms with Crippen LogP contribution in [0.15, 0.2) is 84.0 Å². The zero-order valence-corrected chi connectivity index (χ0v) is 24.2. The van der Waals surface area contributed by atoms with Gasteiger partial charge < -0.3 is 26.8 Å². The molecule has 1 aliphatic carbocycles. The van der Waals surface area contributed by atoms with E-state index in [1.807, 2.05) is 32.3 Å². The molecular formula is C32H35ClN6. The molecule has 6 nitrogen and oxygen atoms in total. The van der Waals surface area contributed by atoms with Crippen molar-refractivity contribution < 1.29 is 17.2 Å². The number of rotatable bonds is 6. The predicted octanol–water partition coefficient (Wildman–Crippen LogP) is 3.56. The van der Waals surface area contributed by atoms with Gasteiger partial charge in [0.1, 0.15) is 10.8 Å². The highest BCUT2D eigenvalue weighted by atomic mass is 35.5. The smallest absolute Gasteiger partial charge is 0.370 e. The molecule has 39 heavy (non-hydrogen) atoms. The fourth-order valence-corrected chi connectivity index (χ4v) is 4.93. The molecule has 2 aliphatic rings. The molecule has 1 aliphatic heterocycles. The van der Waals surface area contributed by atoms with Gasteiger partial charge in [-0.3, -0.25) is 0 Å². The summed E-state index contributed by atoms with van der Waals surface area (Å²) in [4.78, 5) is 14.2. The first kappa shape index (κ1) is 27.9. The Kier molecular flexibility index (Phi) is 8.39. The number of fused-ring (bicyclic) bond motifs is 2. The van der Waals surface area contributed by atoms with Gasteiger partial charge in [0.05, 0.1) is 33.3 Å². The van der Waals surface area contributed by atoms with Crippen LogP contribution in [0.5, 0.6) is 0 Å². The Labute approximate surface area is 236 Å². The molecule has 200 valence electrons. The standard InChI is InChI=1S/C32H35N6.ClH/c1-7-37(8-2)30-21-32-29(19-23(30)4)33-28-18-22(3)27(20-31(28)38(32)26-12-10-9-11-13-26)35-34-24-14-16-25(17-15-24)36(5)6;/h9-21H,7-8H2,1-6H3;1H/q+1;/p-1. The molecule has 0 unspecified atom stereocenters. The van der Waals surface area contributed by atoms with Crippen LogP contribution < -0.4 is 27.6 Å². The van der Waals surface area contributed by atoms with E-state index in [0.717, 1.165) is 63.5 Å². The second-order valence-corrected chi connectivity index (χ2v) is 9.82. The highest BCUT2D eigenvalue weighted by Gasteiger charge is 2.20. The summed E-state index contributed by atoms with van der Waals surface area (Å²) in [5, 5.41) is 5.38. The number of benzene rings is 4. The van der Waals surface area contributed by atoms with E-state index < -0.39 is 0 Å². The lowest BCUT2D eigenvalue weighted by atomic mass is 10.1. The molecule has 0 amide bonds. The van der Waals surface area contributed by atoms with Crippen molar-refractivity contribution in [2.24, 2.45) is 5.11 Å². The second-order valence-electron chi connectivity index (χ2n) is 9.82. The van der Waals surface area contributed by atoms with E-state index in [1.54, 1.807) is 0 Å². The summed E-state index contributed by atoms with van der Waals surface area (Å²) in [6.45, 7) is 10.5. The van der Waals surface area contributed by atoms with Gasteiger partial charge in [-0.05, 0) is 87.9 Å². The van der Waals surface area contributed by atoms with Gasteiger partial charge in [-0.25, -0.2) is 4.98 Å². The summed E-state index contributed by atoms with van der Waals surface area (Å²) >= 11 is 0. The molecule has 0 saturated heterocycles. The SMILES string of the molecule is CCN(CC)c1cc2c(cc1C)nc1cc(C)c(=[N+]=Nc3ccc(N(C)C)cc3)cc-1n2-c1ccccc1.[Cl-]. The van der Waals surface area contributed by atoms with Gasteiger partial charge in [-0.15, -0.1) is 0 Å². The maximum atomic E-state index is 5.11. The number of aromatic nitrogens is 2. The number of hydrogen-bond acceptors (Lipinski definition) is 4. The summed E-state index contributed by atoms with van der Waals surface area (Å²) < 4.78 is 2.30. The fraction of sp³-hybridized carbons (Fsp3) is 0.250. The van der Waals surface area contributed by atoms with Gasteiger partial charge in [-0.1, -0.05) is 18.2 Å². The van der Waals surface area contributed by atoms with E-state index in [0.29, 0.717) is 0 Å². The van der Waals surface area contributed by atoms with Gasteiger partial charge in [0.15, 0.2) is 0 Å². The molecule has 0 bridgehead atoms. The highest BCUT2D eigenvalue weighted by Crippen LogP contribution is 2.33. The average molecular weight is 539 g/mol. The van der Waals surface area contributed by atoms with Crippen LogP contribution in [0, 0.1) is 13.8 Å². The summed E-state index contributed by atoms with van der Waals surface area (Å²) in [6, 6.07) is 27.3. The van der Waals surface area contributed by atoms with Gasteiger partial charge in [0, 0.05) is 49.8 Å². The van der Waals surface area contributed by atoms with E-state index in [-0.39, 0.29) is 12.4 Å². The Morgan fingerprint density at radius 2 is 1.54 bits per heavy atom. The van der Waals surface area contributed by atoms with E-state index in [1.165, 1.54) is 11.3 Å². The molecule has 0 radical (unpaired) electrons. The number of aryl methyl sites for hydroxylation is 2. The molecule has 3 aromatic carbocycles. The van der Waals surface area contributed by atoms with Gasteiger partial charge in [0.25, 0.3) is 0 Å². The van der Waals surface area contributed by atoms with Crippen LogP contribution in [0.2, 0.25) is 0 Å². The topological polar surface area (TPSA) is 50.8 Å². The molecule has 5 rings (SSSR count). The molecule has 0 N–H and O–H groups in total. The summed E-state index contributed by atoms with van der Waals surface area (Å²) in [5.41, 5.74) is 10.5. The third-order valence-electron chi connectivity index (χ3n) is 7.07. The zero-order valence-electron chi connectivity index (χ0n) is 23.5. The number of halogens is 1. The molecule has 0 spiro atoms. The fourth-order valence-electron chi connectivity index (χ4n) is 4.93. The van der Waals surface area contributed by atoms with Crippen molar-refractivity contribution in [3.63, 3.8) is 0 Å². The Balaban J connectivity index is 0.00000353. The minimum Gasteiger partial charge on any atom is -1.00 e. The van der Waals surface area contributed by atoms with Crippen LogP contribution in [-0.2, 0) is 0 Å². The Morgan fingerprint density at radius 3 is 2.18 bits per heavy atom.